The number of nitro benzene ring substituents is 1. The summed E-state index contributed by atoms with van der Waals surface area (Å²) in [6.07, 6.45) is 2.48. The fourth-order valence-electron chi connectivity index (χ4n) is 2.72. The second-order valence-electron chi connectivity index (χ2n) is 6.61. The number of non-ortho nitro benzene ring substituents is 1. The number of benzene rings is 1. The molecule has 2 rings (SSSR count). The van der Waals surface area contributed by atoms with Gasteiger partial charge in [0.25, 0.3) is 17.5 Å². The summed E-state index contributed by atoms with van der Waals surface area (Å²) in [5.74, 6) is -0.511. The van der Waals surface area contributed by atoms with E-state index in [1.165, 1.54) is 35.4 Å². The van der Waals surface area contributed by atoms with Gasteiger partial charge in [0.1, 0.15) is 6.26 Å². The Morgan fingerprint density at radius 2 is 1.84 bits per heavy atom. The fourth-order valence-corrected chi connectivity index (χ4v) is 2.72. The number of hydrogen-bond acceptors (Lipinski definition) is 8. The van der Waals surface area contributed by atoms with E-state index in [-0.39, 0.29) is 35.6 Å². The summed E-state index contributed by atoms with van der Waals surface area (Å²) in [4.78, 5) is 41.0. The first-order valence-electron chi connectivity index (χ1n) is 9.70. The lowest BCUT2D eigenvalue weighted by molar-refractivity contribution is -0.384. The number of oxazole rings is 1. The molecule has 0 unspecified atom stereocenters. The summed E-state index contributed by atoms with van der Waals surface area (Å²) in [7, 11) is 3.15. The Kier molecular flexibility index (Phi) is 9.59. The first-order valence-corrected chi connectivity index (χ1v) is 9.70. The van der Waals surface area contributed by atoms with E-state index in [9.17, 15) is 19.7 Å². The van der Waals surface area contributed by atoms with E-state index >= 15 is 0 Å². The lowest BCUT2D eigenvalue weighted by Crippen LogP contribution is -2.32. The Labute approximate surface area is 179 Å². The van der Waals surface area contributed by atoms with Crippen molar-refractivity contribution in [3.05, 3.63) is 57.8 Å². The van der Waals surface area contributed by atoms with Gasteiger partial charge in [0, 0.05) is 58.2 Å². The molecule has 168 valence electrons. The lowest BCUT2D eigenvalue weighted by atomic mass is 10.1. The SMILES string of the molecule is COCCCNC(=O)c1coc(CN(CCCOC)C(=O)c2ccc([N+](=O)[O-])cc2)n1. The molecule has 11 nitrogen and oxygen atoms in total. The van der Waals surface area contributed by atoms with Crippen LogP contribution in [0.15, 0.2) is 34.9 Å². The molecule has 0 aliphatic heterocycles. The Morgan fingerprint density at radius 1 is 1.16 bits per heavy atom. The van der Waals surface area contributed by atoms with Gasteiger partial charge >= 0.3 is 0 Å². The van der Waals surface area contributed by atoms with Crippen molar-refractivity contribution in [2.45, 2.75) is 19.4 Å². The van der Waals surface area contributed by atoms with Crippen molar-refractivity contribution in [1.82, 2.24) is 15.2 Å². The van der Waals surface area contributed by atoms with Crippen LogP contribution in [0.1, 0.15) is 39.6 Å². The molecule has 0 aliphatic rings. The van der Waals surface area contributed by atoms with Crippen molar-refractivity contribution < 1.29 is 28.4 Å². The summed E-state index contributed by atoms with van der Waals surface area (Å²) in [6, 6.07) is 5.35. The highest BCUT2D eigenvalue weighted by Crippen LogP contribution is 2.16. The molecule has 0 saturated carbocycles. The molecule has 0 fully saturated rings. The normalized spacial score (nSPS) is 10.6. The van der Waals surface area contributed by atoms with Crippen LogP contribution >= 0.6 is 0 Å². The van der Waals surface area contributed by atoms with Crippen molar-refractivity contribution in [3.63, 3.8) is 0 Å². The molecule has 2 aromatic rings. The summed E-state index contributed by atoms with van der Waals surface area (Å²) in [6.45, 7) is 1.81. The maximum atomic E-state index is 12.9. The van der Waals surface area contributed by atoms with Crippen molar-refractivity contribution in [2.24, 2.45) is 0 Å². The maximum Gasteiger partial charge on any atom is 0.273 e. The second-order valence-corrected chi connectivity index (χ2v) is 6.61. The van der Waals surface area contributed by atoms with Crippen LogP contribution in [0, 0.1) is 10.1 Å². The molecule has 31 heavy (non-hydrogen) atoms. The molecular weight excluding hydrogens is 408 g/mol. The minimum Gasteiger partial charge on any atom is -0.446 e. The zero-order valence-electron chi connectivity index (χ0n) is 17.5. The highest BCUT2D eigenvalue weighted by atomic mass is 16.6. The fraction of sp³-hybridized carbons (Fsp3) is 0.450. The second kappa shape index (κ2) is 12.4. The van der Waals surface area contributed by atoms with Crippen LogP contribution in [-0.4, -0.2) is 67.1 Å². The third-order valence-corrected chi connectivity index (χ3v) is 4.31. The number of carbonyl (C=O) groups is 2. The Morgan fingerprint density at radius 3 is 2.48 bits per heavy atom. The molecule has 0 saturated heterocycles. The van der Waals surface area contributed by atoms with Crippen LogP contribution in [0.25, 0.3) is 0 Å². The Bertz CT molecular complexity index is 867. The third-order valence-electron chi connectivity index (χ3n) is 4.31. The van der Waals surface area contributed by atoms with Crippen molar-refractivity contribution in [2.75, 3.05) is 40.5 Å². The van der Waals surface area contributed by atoms with Crippen molar-refractivity contribution >= 4 is 17.5 Å². The number of rotatable bonds is 13. The highest BCUT2D eigenvalue weighted by Gasteiger charge is 2.20. The molecule has 1 N–H and O–H groups in total. The average Bonchev–Trinajstić information content (AvgIpc) is 3.24. The number of nitrogens with one attached hydrogen (secondary N) is 1. The number of amides is 2. The minimum absolute atomic E-state index is 0.0382. The standard InChI is InChI=1S/C20H26N4O7/c1-29-11-3-9-21-19(25)17-14-31-18(22-17)13-23(10-4-12-30-2)20(26)15-5-7-16(8-6-15)24(27)28/h5-8,14H,3-4,9-13H2,1-2H3,(H,21,25). The van der Waals surface area contributed by atoms with Crippen LogP contribution in [-0.2, 0) is 16.0 Å². The first kappa shape index (κ1) is 24.0. The van der Waals surface area contributed by atoms with E-state index in [4.69, 9.17) is 13.9 Å². The maximum absolute atomic E-state index is 12.9. The van der Waals surface area contributed by atoms with Crippen LogP contribution in [0.2, 0.25) is 0 Å². The van der Waals surface area contributed by atoms with Gasteiger partial charge in [0.05, 0.1) is 11.5 Å². The molecule has 0 spiro atoms. The van der Waals surface area contributed by atoms with Crippen molar-refractivity contribution in [1.29, 1.82) is 0 Å². The summed E-state index contributed by atoms with van der Waals surface area (Å²) in [5.41, 5.74) is 0.314. The van der Waals surface area contributed by atoms with Gasteiger partial charge in [0.2, 0.25) is 5.89 Å². The predicted molar refractivity (Wildman–Crippen MR) is 110 cm³/mol. The van der Waals surface area contributed by atoms with Gasteiger partial charge in [-0.2, -0.15) is 0 Å². The minimum atomic E-state index is -0.529. The van der Waals surface area contributed by atoms with E-state index in [2.05, 4.69) is 10.3 Å². The van der Waals surface area contributed by atoms with E-state index < -0.39 is 4.92 Å². The van der Waals surface area contributed by atoms with Gasteiger partial charge in [-0.3, -0.25) is 19.7 Å². The molecular formula is C20H26N4O7. The third kappa shape index (κ3) is 7.46. The molecule has 1 aromatic carbocycles. The monoisotopic (exact) mass is 434 g/mol. The van der Waals surface area contributed by atoms with Gasteiger partial charge in [-0.1, -0.05) is 0 Å². The molecule has 1 heterocycles. The van der Waals surface area contributed by atoms with Gasteiger partial charge in [-0.05, 0) is 25.0 Å². The Balaban J connectivity index is 2.06. The Hall–Kier alpha value is -3.31. The molecule has 0 atom stereocenters. The van der Waals surface area contributed by atoms with Crippen LogP contribution < -0.4 is 5.32 Å². The van der Waals surface area contributed by atoms with Gasteiger partial charge < -0.3 is 24.1 Å². The van der Waals surface area contributed by atoms with Gasteiger partial charge in [-0.15, -0.1) is 0 Å². The molecule has 1 aromatic heterocycles. The van der Waals surface area contributed by atoms with Crippen LogP contribution in [0.3, 0.4) is 0 Å². The number of methoxy groups -OCH3 is 2. The van der Waals surface area contributed by atoms with E-state index in [1.807, 2.05) is 0 Å². The van der Waals surface area contributed by atoms with E-state index in [0.717, 1.165) is 0 Å². The highest BCUT2D eigenvalue weighted by molar-refractivity contribution is 5.94. The number of nitro groups is 1. The lowest BCUT2D eigenvalue weighted by Gasteiger charge is -2.21. The van der Waals surface area contributed by atoms with E-state index in [0.29, 0.717) is 44.7 Å². The smallest absolute Gasteiger partial charge is 0.273 e. The number of nitrogens with zero attached hydrogens (tertiary/aromatic N) is 3. The van der Waals surface area contributed by atoms with Gasteiger partial charge in [-0.25, -0.2) is 4.98 Å². The largest absolute Gasteiger partial charge is 0.446 e. The number of ether oxygens (including phenoxy) is 2. The number of carbonyl (C=O) groups excluding carboxylic acids is 2. The zero-order valence-corrected chi connectivity index (χ0v) is 17.5. The molecule has 2 amide bonds. The summed E-state index contributed by atoms with van der Waals surface area (Å²) >= 11 is 0. The van der Waals surface area contributed by atoms with E-state index in [1.54, 1.807) is 14.2 Å². The van der Waals surface area contributed by atoms with Crippen LogP contribution in [0.4, 0.5) is 5.69 Å². The molecule has 0 radical (unpaired) electrons. The average molecular weight is 434 g/mol. The summed E-state index contributed by atoms with van der Waals surface area (Å²) < 4.78 is 15.4. The van der Waals surface area contributed by atoms with Crippen LogP contribution in [0.5, 0.6) is 0 Å². The number of aromatic nitrogens is 1. The molecule has 0 aliphatic carbocycles. The first-order chi connectivity index (χ1) is 15.0. The quantitative estimate of drug-likeness (QED) is 0.287. The molecule has 0 bridgehead atoms. The molecule has 11 heteroatoms. The number of hydrogen-bond donors (Lipinski definition) is 1. The van der Waals surface area contributed by atoms with Crippen molar-refractivity contribution in [3.8, 4) is 0 Å². The zero-order chi connectivity index (χ0) is 22.6. The topological polar surface area (TPSA) is 137 Å². The summed E-state index contributed by atoms with van der Waals surface area (Å²) in [5, 5.41) is 13.5. The van der Waals surface area contributed by atoms with Gasteiger partial charge in [0.15, 0.2) is 5.69 Å². The predicted octanol–water partition coefficient (Wildman–Crippen LogP) is 2.03.